The first-order chi connectivity index (χ1) is 19.3. The van der Waals surface area contributed by atoms with E-state index in [1.54, 1.807) is 11.1 Å². The Morgan fingerprint density at radius 2 is 2.00 bits per heavy atom. The number of aryl methyl sites for hydroxylation is 1. The number of ether oxygens (including phenoxy) is 1. The van der Waals surface area contributed by atoms with Crippen LogP contribution in [0.5, 0.6) is 5.88 Å². The van der Waals surface area contributed by atoms with E-state index in [9.17, 15) is 18.4 Å². The van der Waals surface area contributed by atoms with E-state index < -0.39 is 23.6 Å². The topological polar surface area (TPSA) is 116 Å². The molecule has 40 heavy (non-hydrogen) atoms. The second-order valence-electron chi connectivity index (χ2n) is 10.9. The number of amides is 2. The standard InChI is InChI=1S/C28H31F2N7O3/c1-16-3-4-18(12-31-16)36-14-21(30)24(15-36)33-26(38)17-5-8-37(28(11-17)6-7-28)27(39)23-10-22(34-35-23)19-9-25(40-2)32-13-20(19)29/h3-4,9-10,12-13,17,21,24H,5-8,11,14-15H2,1-2H3,(H,33,38)(H,34,35)/t17-,21+,24-/m0/s1. The first kappa shape index (κ1) is 26.1. The Labute approximate surface area is 230 Å². The molecule has 0 aromatic carbocycles. The number of pyridine rings is 2. The third-order valence-corrected chi connectivity index (χ3v) is 8.31. The number of carbonyl (C=O) groups excluding carboxylic acids is 2. The zero-order chi connectivity index (χ0) is 28.0. The summed E-state index contributed by atoms with van der Waals surface area (Å²) in [4.78, 5) is 38.5. The number of rotatable bonds is 6. The lowest BCUT2D eigenvalue weighted by atomic mass is 9.87. The first-order valence-electron chi connectivity index (χ1n) is 13.5. The van der Waals surface area contributed by atoms with Crippen molar-refractivity contribution in [1.29, 1.82) is 0 Å². The number of likely N-dealkylation sites (tertiary alicyclic amines) is 1. The molecule has 3 aromatic rings. The van der Waals surface area contributed by atoms with Gasteiger partial charge in [-0.2, -0.15) is 5.10 Å². The van der Waals surface area contributed by atoms with Crippen molar-refractivity contribution in [2.24, 2.45) is 5.92 Å². The molecule has 3 atom stereocenters. The zero-order valence-electron chi connectivity index (χ0n) is 22.4. The van der Waals surface area contributed by atoms with Crippen LogP contribution in [0.1, 0.15) is 41.9 Å². The molecule has 3 aliphatic rings. The highest BCUT2D eigenvalue weighted by molar-refractivity contribution is 5.94. The third-order valence-electron chi connectivity index (χ3n) is 8.31. The summed E-state index contributed by atoms with van der Waals surface area (Å²) < 4.78 is 34.3. The molecule has 2 aliphatic heterocycles. The highest BCUT2D eigenvalue weighted by Crippen LogP contribution is 2.50. The number of nitrogens with zero attached hydrogens (tertiary/aromatic N) is 5. The minimum Gasteiger partial charge on any atom is -0.481 e. The molecule has 0 bridgehead atoms. The van der Waals surface area contributed by atoms with Crippen molar-refractivity contribution in [3.05, 3.63) is 53.9 Å². The van der Waals surface area contributed by atoms with Crippen LogP contribution in [0.4, 0.5) is 14.5 Å². The number of anilines is 1. The predicted molar refractivity (Wildman–Crippen MR) is 142 cm³/mol. The molecule has 210 valence electrons. The van der Waals surface area contributed by atoms with Gasteiger partial charge in [0.1, 0.15) is 6.17 Å². The molecule has 10 nitrogen and oxygen atoms in total. The van der Waals surface area contributed by atoms with Crippen LogP contribution < -0.4 is 15.0 Å². The molecule has 1 saturated carbocycles. The van der Waals surface area contributed by atoms with Crippen molar-refractivity contribution in [2.75, 3.05) is 31.6 Å². The molecule has 2 saturated heterocycles. The van der Waals surface area contributed by atoms with Crippen molar-refractivity contribution in [1.82, 2.24) is 30.4 Å². The molecule has 3 aromatic heterocycles. The highest BCUT2D eigenvalue weighted by Gasteiger charge is 2.55. The van der Waals surface area contributed by atoms with Crippen LogP contribution in [0.3, 0.4) is 0 Å². The lowest BCUT2D eigenvalue weighted by Gasteiger charge is -2.39. The van der Waals surface area contributed by atoms with Gasteiger partial charge >= 0.3 is 0 Å². The number of carbonyl (C=O) groups is 2. The number of aromatic amines is 1. The summed E-state index contributed by atoms with van der Waals surface area (Å²) >= 11 is 0. The second kappa shape index (κ2) is 10.1. The maximum Gasteiger partial charge on any atom is 0.274 e. The number of halogens is 2. The van der Waals surface area contributed by atoms with Gasteiger partial charge in [-0.15, -0.1) is 0 Å². The van der Waals surface area contributed by atoms with Crippen LogP contribution >= 0.6 is 0 Å². The van der Waals surface area contributed by atoms with Gasteiger partial charge in [-0.05, 0) is 50.8 Å². The maximum absolute atomic E-state index is 14.9. The maximum atomic E-state index is 14.9. The van der Waals surface area contributed by atoms with E-state index in [0.717, 1.165) is 30.4 Å². The van der Waals surface area contributed by atoms with E-state index >= 15 is 0 Å². The second-order valence-corrected chi connectivity index (χ2v) is 10.9. The molecule has 2 N–H and O–H groups in total. The minimum absolute atomic E-state index is 0.168. The predicted octanol–water partition coefficient (Wildman–Crippen LogP) is 3.05. The van der Waals surface area contributed by atoms with E-state index in [-0.39, 0.29) is 41.4 Å². The van der Waals surface area contributed by atoms with Crippen molar-refractivity contribution in [3.63, 3.8) is 0 Å². The quantitative estimate of drug-likeness (QED) is 0.484. The highest BCUT2D eigenvalue weighted by atomic mass is 19.1. The largest absolute Gasteiger partial charge is 0.481 e. The normalized spacial score (nSPS) is 23.4. The number of hydrogen-bond donors (Lipinski definition) is 2. The Balaban J connectivity index is 1.09. The van der Waals surface area contributed by atoms with Gasteiger partial charge in [0.15, 0.2) is 11.5 Å². The van der Waals surface area contributed by atoms with Gasteiger partial charge < -0.3 is 19.9 Å². The SMILES string of the molecule is COc1cc(-c2cc(C(=O)N3CC[C@H](C(=O)N[C@H]4CN(c5ccc(C)nc5)C[C@H]4F)CC34CC4)n[nH]2)c(F)cn1. The van der Waals surface area contributed by atoms with E-state index in [4.69, 9.17) is 4.74 Å². The molecule has 6 rings (SSSR count). The molecule has 5 heterocycles. The lowest BCUT2D eigenvalue weighted by molar-refractivity contribution is -0.128. The summed E-state index contributed by atoms with van der Waals surface area (Å²) in [6, 6.07) is 6.16. The Morgan fingerprint density at radius 3 is 2.73 bits per heavy atom. The molecule has 1 aliphatic carbocycles. The van der Waals surface area contributed by atoms with Crippen LogP contribution in [0.15, 0.2) is 36.7 Å². The number of alkyl halides is 1. The number of nitrogens with one attached hydrogen (secondary N) is 2. The van der Waals surface area contributed by atoms with E-state index in [0.29, 0.717) is 31.6 Å². The Bertz CT molecular complexity index is 1430. The summed E-state index contributed by atoms with van der Waals surface area (Å²) in [6.07, 6.45) is 4.18. The summed E-state index contributed by atoms with van der Waals surface area (Å²) in [6.45, 7) is 2.87. The summed E-state index contributed by atoms with van der Waals surface area (Å²) in [7, 11) is 1.44. The first-order valence-corrected chi connectivity index (χ1v) is 13.5. The fourth-order valence-electron chi connectivity index (χ4n) is 5.86. The molecule has 0 radical (unpaired) electrons. The number of hydrogen-bond acceptors (Lipinski definition) is 7. The number of methoxy groups -OCH3 is 1. The molecule has 0 unspecified atom stereocenters. The van der Waals surface area contributed by atoms with Crippen molar-refractivity contribution in [2.45, 2.75) is 50.4 Å². The molecule has 1 spiro atoms. The van der Waals surface area contributed by atoms with Crippen LogP contribution in [0, 0.1) is 18.7 Å². The fraction of sp³-hybridized carbons (Fsp3) is 0.464. The number of H-pyrrole nitrogens is 1. The monoisotopic (exact) mass is 551 g/mol. The third kappa shape index (κ3) is 4.86. The van der Waals surface area contributed by atoms with Crippen molar-refractivity contribution >= 4 is 17.5 Å². The smallest absolute Gasteiger partial charge is 0.274 e. The molecule has 3 fully saturated rings. The average molecular weight is 552 g/mol. The molecular weight excluding hydrogens is 520 g/mol. The Morgan fingerprint density at radius 1 is 1.18 bits per heavy atom. The Kier molecular flexibility index (Phi) is 6.63. The summed E-state index contributed by atoms with van der Waals surface area (Å²) in [5, 5.41) is 9.83. The van der Waals surface area contributed by atoms with Crippen LogP contribution in [0.25, 0.3) is 11.3 Å². The van der Waals surface area contributed by atoms with Crippen LogP contribution in [-0.4, -0.2) is 81.4 Å². The van der Waals surface area contributed by atoms with Gasteiger partial charge in [-0.3, -0.25) is 19.7 Å². The number of aromatic nitrogens is 4. The van der Waals surface area contributed by atoms with E-state index in [1.165, 1.54) is 19.2 Å². The van der Waals surface area contributed by atoms with Gasteiger partial charge in [0.05, 0.1) is 43.5 Å². The molecule has 2 amide bonds. The Hall–Kier alpha value is -4.09. The van der Waals surface area contributed by atoms with Crippen molar-refractivity contribution in [3.8, 4) is 17.1 Å². The zero-order valence-corrected chi connectivity index (χ0v) is 22.4. The van der Waals surface area contributed by atoms with E-state index in [1.807, 2.05) is 24.0 Å². The van der Waals surface area contributed by atoms with Gasteiger partial charge in [-0.25, -0.2) is 13.8 Å². The van der Waals surface area contributed by atoms with Gasteiger partial charge in [0.2, 0.25) is 11.8 Å². The summed E-state index contributed by atoms with van der Waals surface area (Å²) in [5.41, 5.74) is 2.03. The van der Waals surface area contributed by atoms with Gasteiger partial charge in [0.25, 0.3) is 5.91 Å². The van der Waals surface area contributed by atoms with Crippen LogP contribution in [0.2, 0.25) is 0 Å². The summed E-state index contributed by atoms with van der Waals surface area (Å²) in [5.74, 6) is -1.05. The fourth-order valence-corrected chi connectivity index (χ4v) is 5.86. The van der Waals surface area contributed by atoms with E-state index in [2.05, 4.69) is 25.5 Å². The lowest BCUT2D eigenvalue weighted by Crippen LogP contribution is -2.52. The molecular formula is C28H31F2N7O3. The van der Waals surface area contributed by atoms with Gasteiger partial charge in [-0.1, -0.05) is 0 Å². The average Bonchev–Trinajstić information content (AvgIpc) is 3.36. The van der Waals surface area contributed by atoms with Crippen LogP contribution in [-0.2, 0) is 4.79 Å². The molecule has 12 heteroatoms. The number of piperidine rings is 1. The minimum atomic E-state index is -1.18. The van der Waals surface area contributed by atoms with Crippen molar-refractivity contribution < 1.29 is 23.1 Å². The van der Waals surface area contributed by atoms with Gasteiger partial charge in [0, 0.05) is 41.9 Å².